The summed E-state index contributed by atoms with van der Waals surface area (Å²) in [6.07, 6.45) is 4.86. The van der Waals surface area contributed by atoms with Crippen LogP contribution in [0, 0.1) is 0 Å². The number of aromatic nitrogens is 2. The summed E-state index contributed by atoms with van der Waals surface area (Å²) < 4.78 is 1.51. The van der Waals surface area contributed by atoms with Crippen molar-refractivity contribution in [2.24, 2.45) is 0 Å². The molecule has 136 valence electrons. The van der Waals surface area contributed by atoms with Gasteiger partial charge in [0, 0.05) is 37.0 Å². The molecule has 1 aromatic heterocycles. The Hall–Kier alpha value is -3.36. The van der Waals surface area contributed by atoms with Gasteiger partial charge in [-0.05, 0) is 12.1 Å². The number of likely N-dealkylation sites (tertiary alicyclic amines) is 1. The Balaban J connectivity index is 1.61. The number of hydrogen-bond donors (Lipinski definition) is 3. The van der Waals surface area contributed by atoms with E-state index in [9.17, 15) is 19.5 Å². The molecule has 26 heavy (non-hydrogen) atoms. The van der Waals surface area contributed by atoms with Crippen LogP contribution in [0.3, 0.4) is 0 Å². The van der Waals surface area contributed by atoms with Crippen LogP contribution in [0.1, 0.15) is 16.8 Å². The number of carbonyl (C=O) groups excluding carboxylic acids is 2. The van der Waals surface area contributed by atoms with Crippen molar-refractivity contribution in [3.63, 3.8) is 0 Å². The summed E-state index contributed by atoms with van der Waals surface area (Å²) in [5.41, 5.74) is 3.32. The summed E-state index contributed by atoms with van der Waals surface area (Å²) in [7, 11) is 0. The highest BCUT2D eigenvalue weighted by molar-refractivity contribution is 5.94. The molecule has 3 N–H and O–H groups in total. The van der Waals surface area contributed by atoms with E-state index in [0.717, 1.165) is 0 Å². The zero-order valence-corrected chi connectivity index (χ0v) is 13.9. The first-order valence-electron chi connectivity index (χ1n) is 8.14. The van der Waals surface area contributed by atoms with Gasteiger partial charge in [0.2, 0.25) is 5.91 Å². The molecule has 2 atom stereocenters. The lowest BCUT2D eigenvalue weighted by Gasteiger charge is -2.21. The van der Waals surface area contributed by atoms with E-state index in [2.05, 4.69) is 15.7 Å². The predicted molar refractivity (Wildman–Crippen MR) is 91.9 cm³/mol. The highest BCUT2D eigenvalue weighted by Gasteiger charge is 2.40. The van der Waals surface area contributed by atoms with E-state index in [0.29, 0.717) is 5.56 Å². The van der Waals surface area contributed by atoms with Crippen molar-refractivity contribution in [2.45, 2.75) is 18.5 Å². The molecule has 1 aromatic carbocycles. The fourth-order valence-corrected chi connectivity index (χ4v) is 2.92. The van der Waals surface area contributed by atoms with Crippen LogP contribution in [0.25, 0.3) is 0 Å². The van der Waals surface area contributed by atoms with Crippen LogP contribution in [-0.4, -0.2) is 62.6 Å². The molecular weight excluding hydrogens is 338 g/mol. The van der Waals surface area contributed by atoms with Crippen LogP contribution in [0.15, 0.2) is 49.1 Å². The number of aliphatic carboxylic acids is 1. The summed E-state index contributed by atoms with van der Waals surface area (Å²) in [6, 6.07) is 7.28. The Bertz CT molecular complexity index is 778. The number of hydrogen-bond acceptors (Lipinski definition) is 5. The van der Waals surface area contributed by atoms with Crippen LogP contribution < -0.4 is 10.7 Å². The van der Waals surface area contributed by atoms with Gasteiger partial charge in [-0.15, -0.1) is 0 Å². The van der Waals surface area contributed by atoms with Gasteiger partial charge in [0.05, 0.1) is 0 Å². The van der Waals surface area contributed by atoms with Gasteiger partial charge in [-0.3, -0.25) is 14.3 Å². The summed E-state index contributed by atoms with van der Waals surface area (Å²) in [5.74, 6) is -1.73. The maximum absolute atomic E-state index is 12.4. The van der Waals surface area contributed by atoms with Gasteiger partial charge >= 0.3 is 5.97 Å². The smallest absolute Gasteiger partial charge is 0.326 e. The van der Waals surface area contributed by atoms with Gasteiger partial charge in [-0.2, -0.15) is 0 Å². The van der Waals surface area contributed by atoms with Gasteiger partial charge in [0.15, 0.2) is 0 Å². The van der Waals surface area contributed by atoms with E-state index < -0.39 is 18.1 Å². The van der Waals surface area contributed by atoms with Gasteiger partial charge in [-0.1, -0.05) is 18.2 Å². The third kappa shape index (κ3) is 4.00. The first-order valence-corrected chi connectivity index (χ1v) is 8.14. The fraction of sp³-hybridized carbons (Fsp3) is 0.294. The lowest BCUT2D eigenvalue weighted by molar-refractivity contribution is -0.147. The molecule has 3 rings (SSSR count). The third-order valence-electron chi connectivity index (χ3n) is 4.19. The van der Waals surface area contributed by atoms with Crippen LogP contribution in [-0.2, 0) is 9.59 Å². The molecule has 0 unspecified atom stereocenters. The Morgan fingerprint density at radius 1 is 1.23 bits per heavy atom. The topological polar surface area (TPSA) is 117 Å². The van der Waals surface area contributed by atoms with Crippen LogP contribution in [0.2, 0.25) is 0 Å². The number of carboxylic acids is 1. The van der Waals surface area contributed by atoms with Gasteiger partial charge in [0.25, 0.3) is 5.91 Å². The van der Waals surface area contributed by atoms with E-state index in [4.69, 9.17) is 0 Å². The molecular formula is C17H19N5O4. The minimum Gasteiger partial charge on any atom is -0.480 e. The van der Waals surface area contributed by atoms with Gasteiger partial charge < -0.3 is 20.7 Å². The first-order chi connectivity index (χ1) is 12.5. The molecule has 0 bridgehead atoms. The highest BCUT2D eigenvalue weighted by Crippen LogP contribution is 2.19. The summed E-state index contributed by atoms with van der Waals surface area (Å²) >= 11 is 0. The van der Waals surface area contributed by atoms with E-state index >= 15 is 0 Å². The predicted octanol–water partition coefficient (Wildman–Crippen LogP) is -0.0893. The number of nitrogens with one attached hydrogen (secondary N) is 2. The lowest BCUT2D eigenvalue weighted by Crippen LogP contribution is -2.44. The SMILES string of the molecule is O=C(N[C@@H]1C[C@@H](C(=O)O)N(C(=O)CNn2ccnc2)C1)c1ccccc1. The lowest BCUT2D eigenvalue weighted by atomic mass is 10.1. The van der Waals surface area contributed by atoms with E-state index in [1.807, 2.05) is 0 Å². The normalized spacial score (nSPS) is 19.2. The Morgan fingerprint density at radius 3 is 2.65 bits per heavy atom. The molecule has 0 spiro atoms. The minimum atomic E-state index is -1.09. The average molecular weight is 357 g/mol. The maximum Gasteiger partial charge on any atom is 0.326 e. The second-order valence-corrected chi connectivity index (χ2v) is 5.98. The number of amides is 2. The van der Waals surface area contributed by atoms with Crippen molar-refractivity contribution in [1.29, 1.82) is 0 Å². The average Bonchev–Trinajstić information content (AvgIpc) is 3.30. The Labute approximate surface area is 149 Å². The molecule has 0 saturated carbocycles. The number of benzene rings is 1. The first kappa shape index (κ1) is 17.5. The Kier molecular flexibility index (Phi) is 5.16. The van der Waals surface area contributed by atoms with Crippen molar-refractivity contribution in [3.8, 4) is 0 Å². The van der Waals surface area contributed by atoms with Crippen molar-refractivity contribution >= 4 is 17.8 Å². The quantitative estimate of drug-likeness (QED) is 0.665. The summed E-state index contributed by atoms with van der Waals surface area (Å²) in [4.78, 5) is 41.3. The van der Waals surface area contributed by atoms with Crippen molar-refractivity contribution in [3.05, 3.63) is 54.6 Å². The largest absolute Gasteiger partial charge is 0.480 e. The molecule has 2 heterocycles. The monoisotopic (exact) mass is 357 g/mol. The number of carbonyl (C=O) groups is 3. The van der Waals surface area contributed by atoms with Crippen molar-refractivity contribution in [1.82, 2.24) is 19.9 Å². The molecule has 2 amide bonds. The minimum absolute atomic E-state index is 0.0699. The van der Waals surface area contributed by atoms with Crippen molar-refractivity contribution < 1.29 is 19.5 Å². The van der Waals surface area contributed by atoms with E-state index in [1.54, 1.807) is 42.7 Å². The molecule has 9 heteroatoms. The molecule has 0 radical (unpaired) electrons. The second kappa shape index (κ2) is 7.68. The van der Waals surface area contributed by atoms with E-state index in [1.165, 1.54) is 15.9 Å². The maximum atomic E-state index is 12.4. The highest BCUT2D eigenvalue weighted by atomic mass is 16.4. The molecule has 1 fully saturated rings. The van der Waals surface area contributed by atoms with Crippen LogP contribution in [0.4, 0.5) is 0 Å². The summed E-state index contributed by atoms with van der Waals surface area (Å²) in [5, 5.41) is 12.2. The summed E-state index contributed by atoms with van der Waals surface area (Å²) in [6.45, 7) is 0.0828. The molecule has 0 aliphatic carbocycles. The number of imidazole rings is 1. The Morgan fingerprint density at radius 2 is 2.00 bits per heavy atom. The second-order valence-electron chi connectivity index (χ2n) is 5.98. The van der Waals surface area contributed by atoms with Gasteiger partial charge in [-0.25, -0.2) is 9.78 Å². The molecule has 1 aliphatic heterocycles. The van der Waals surface area contributed by atoms with Crippen molar-refractivity contribution in [2.75, 3.05) is 18.5 Å². The zero-order chi connectivity index (χ0) is 18.5. The third-order valence-corrected chi connectivity index (χ3v) is 4.19. The van der Waals surface area contributed by atoms with Crippen LogP contribution >= 0.6 is 0 Å². The van der Waals surface area contributed by atoms with Crippen LogP contribution in [0.5, 0.6) is 0 Å². The molecule has 2 aromatic rings. The zero-order valence-electron chi connectivity index (χ0n) is 13.9. The fourth-order valence-electron chi connectivity index (χ4n) is 2.92. The molecule has 1 saturated heterocycles. The van der Waals surface area contributed by atoms with Gasteiger partial charge in [0.1, 0.15) is 18.9 Å². The number of rotatable bonds is 6. The molecule has 1 aliphatic rings. The molecule has 9 nitrogen and oxygen atoms in total. The standard InChI is InChI=1S/C17H19N5O4/c23-15(9-19-21-7-6-18-11-21)22-10-13(8-14(22)17(25)26)20-16(24)12-4-2-1-3-5-12/h1-7,11,13-14,19H,8-10H2,(H,20,24)(H,25,26)/t13-,14+/m1/s1. The number of carboxylic acid groups (broad SMARTS) is 1. The van der Waals surface area contributed by atoms with E-state index in [-0.39, 0.29) is 31.3 Å². The number of nitrogens with zero attached hydrogens (tertiary/aromatic N) is 3.